The van der Waals surface area contributed by atoms with Gasteiger partial charge in [-0.3, -0.25) is 0 Å². The van der Waals surface area contributed by atoms with Crippen LogP contribution in [0.3, 0.4) is 0 Å². The van der Waals surface area contributed by atoms with E-state index in [1.165, 1.54) is 25.7 Å². The molecule has 4 nitrogen and oxygen atoms in total. The van der Waals surface area contributed by atoms with Crippen LogP contribution in [0.25, 0.3) is 0 Å². The van der Waals surface area contributed by atoms with Crippen molar-refractivity contribution in [3.63, 3.8) is 0 Å². The van der Waals surface area contributed by atoms with Crippen molar-refractivity contribution >= 4 is 11.4 Å². The fourth-order valence-electron chi connectivity index (χ4n) is 3.05. The number of nitrogen functional groups attached to an aromatic ring is 1. The van der Waals surface area contributed by atoms with E-state index in [2.05, 4.69) is 24.3 Å². The summed E-state index contributed by atoms with van der Waals surface area (Å²) in [5.41, 5.74) is 8.12. The number of likely N-dealkylation sites (N-methyl/N-ethyl adjacent to an activating group) is 1. The molecule has 20 heavy (non-hydrogen) atoms. The van der Waals surface area contributed by atoms with Gasteiger partial charge >= 0.3 is 0 Å². The summed E-state index contributed by atoms with van der Waals surface area (Å²) in [6, 6.07) is 5.93. The highest BCUT2D eigenvalue weighted by Crippen LogP contribution is 2.35. The number of anilines is 2. The maximum Gasteiger partial charge on any atom is 0.144 e. The maximum atomic E-state index is 6.17. The standard InChI is InChI=1S/C16H27N3O/c1-4-20-14-9-7-8-13(15(14)17)18-12-16(19(2)3)10-5-6-11-16/h7-9,18H,4-6,10-12,17H2,1-3H3. The van der Waals surface area contributed by atoms with E-state index in [9.17, 15) is 0 Å². The summed E-state index contributed by atoms with van der Waals surface area (Å²) in [5.74, 6) is 0.767. The van der Waals surface area contributed by atoms with Gasteiger partial charge in [-0.1, -0.05) is 18.9 Å². The van der Waals surface area contributed by atoms with Gasteiger partial charge in [-0.2, -0.15) is 0 Å². The molecule has 0 aromatic heterocycles. The van der Waals surface area contributed by atoms with Gasteiger partial charge in [0.2, 0.25) is 0 Å². The highest BCUT2D eigenvalue weighted by atomic mass is 16.5. The SMILES string of the molecule is CCOc1cccc(NCC2(N(C)C)CCCC2)c1N. The minimum atomic E-state index is 0.258. The van der Waals surface area contributed by atoms with E-state index in [0.717, 1.165) is 18.0 Å². The first-order chi connectivity index (χ1) is 9.59. The van der Waals surface area contributed by atoms with E-state index >= 15 is 0 Å². The number of nitrogens with zero attached hydrogens (tertiary/aromatic N) is 1. The van der Waals surface area contributed by atoms with Gasteiger partial charge in [0.15, 0.2) is 0 Å². The summed E-state index contributed by atoms with van der Waals surface area (Å²) >= 11 is 0. The van der Waals surface area contributed by atoms with Crippen molar-refractivity contribution in [1.82, 2.24) is 4.90 Å². The Balaban J connectivity index is 2.08. The lowest BCUT2D eigenvalue weighted by molar-refractivity contribution is 0.172. The first kappa shape index (κ1) is 15.0. The number of benzene rings is 1. The van der Waals surface area contributed by atoms with Crippen LogP contribution < -0.4 is 15.8 Å². The van der Waals surface area contributed by atoms with Crippen LogP contribution in [0, 0.1) is 0 Å². The fraction of sp³-hybridized carbons (Fsp3) is 0.625. The van der Waals surface area contributed by atoms with Crippen LogP contribution in [0.1, 0.15) is 32.6 Å². The normalized spacial score (nSPS) is 17.4. The Bertz CT molecular complexity index is 439. The van der Waals surface area contributed by atoms with E-state index in [4.69, 9.17) is 10.5 Å². The van der Waals surface area contributed by atoms with E-state index in [1.807, 2.05) is 25.1 Å². The third-order valence-corrected chi connectivity index (χ3v) is 4.46. The molecule has 0 unspecified atom stereocenters. The number of rotatable bonds is 6. The summed E-state index contributed by atoms with van der Waals surface area (Å²) in [6.45, 7) is 3.54. The van der Waals surface area contributed by atoms with E-state index in [0.29, 0.717) is 12.3 Å². The molecule has 0 aliphatic heterocycles. The summed E-state index contributed by atoms with van der Waals surface area (Å²) in [7, 11) is 4.35. The molecule has 1 saturated carbocycles. The van der Waals surface area contributed by atoms with Crippen LogP contribution in [0.4, 0.5) is 11.4 Å². The number of hydrogen-bond donors (Lipinski definition) is 2. The minimum absolute atomic E-state index is 0.258. The Labute approximate surface area is 122 Å². The van der Waals surface area contributed by atoms with E-state index < -0.39 is 0 Å². The lowest BCUT2D eigenvalue weighted by atomic mass is 9.96. The van der Waals surface area contributed by atoms with Crippen molar-refractivity contribution in [3.8, 4) is 5.75 Å². The predicted molar refractivity (Wildman–Crippen MR) is 85.4 cm³/mol. The summed E-state index contributed by atoms with van der Waals surface area (Å²) < 4.78 is 5.55. The van der Waals surface area contributed by atoms with Crippen molar-refractivity contribution in [1.29, 1.82) is 0 Å². The van der Waals surface area contributed by atoms with Crippen LogP contribution in [0.15, 0.2) is 18.2 Å². The van der Waals surface area contributed by atoms with Gasteiger partial charge in [0.05, 0.1) is 18.0 Å². The van der Waals surface area contributed by atoms with Crippen LogP contribution in [-0.2, 0) is 0 Å². The molecule has 1 fully saturated rings. The first-order valence-electron chi connectivity index (χ1n) is 7.51. The third kappa shape index (κ3) is 3.01. The Morgan fingerprint density at radius 1 is 1.30 bits per heavy atom. The molecule has 2 rings (SSSR count). The molecule has 1 aromatic carbocycles. The molecule has 0 spiro atoms. The lowest BCUT2D eigenvalue weighted by Gasteiger charge is -2.37. The molecule has 0 atom stereocenters. The second-order valence-electron chi connectivity index (χ2n) is 5.83. The second-order valence-corrected chi connectivity index (χ2v) is 5.83. The minimum Gasteiger partial charge on any atom is -0.492 e. The van der Waals surface area contributed by atoms with Crippen molar-refractivity contribution < 1.29 is 4.74 Å². The molecule has 0 bridgehead atoms. The first-order valence-corrected chi connectivity index (χ1v) is 7.51. The molecule has 1 aliphatic carbocycles. The van der Waals surface area contributed by atoms with Crippen LogP contribution >= 0.6 is 0 Å². The molecule has 4 heteroatoms. The molecule has 1 aliphatic rings. The number of ether oxygens (including phenoxy) is 1. The maximum absolute atomic E-state index is 6.17. The molecule has 112 valence electrons. The number of para-hydroxylation sites is 1. The van der Waals surface area contributed by atoms with Crippen LogP contribution in [0.2, 0.25) is 0 Å². The number of nitrogens with one attached hydrogen (secondary N) is 1. The Hall–Kier alpha value is -1.42. The van der Waals surface area contributed by atoms with Gasteiger partial charge < -0.3 is 20.7 Å². The molecule has 0 amide bonds. The lowest BCUT2D eigenvalue weighted by Crippen LogP contribution is -2.47. The van der Waals surface area contributed by atoms with Crippen molar-refractivity contribution in [2.24, 2.45) is 0 Å². The van der Waals surface area contributed by atoms with E-state index in [-0.39, 0.29) is 5.54 Å². The van der Waals surface area contributed by atoms with Crippen molar-refractivity contribution in [2.45, 2.75) is 38.1 Å². The van der Waals surface area contributed by atoms with Gasteiger partial charge in [0.1, 0.15) is 5.75 Å². The zero-order valence-corrected chi connectivity index (χ0v) is 12.9. The zero-order chi connectivity index (χ0) is 14.6. The average Bonchev–Trinajstić information content (AvgIpc) is 2.90. The number of nitrogens with two attached hydrogens (primary N) is 1. The highest BCUT2D eigenvalue weighted by molar-refractivity contribution is 5.73. The Kier molecular flexibility index (Phi) is 4.76. The Morgan fingerprint density at radius 2 is 2.00 bits per heavy atom. The predicted octanol–water partition coefficient (Wildman–Crippen LogP) is 2.95. The molecule has 0 saturated heterocycles. The van der Waals surface area contributed by atoms with E-state index in [1.54, 1.807) is 0 Å². The van der Waals surface area contributed by atoms with Crippen molar-refractivity contribution in [3.05, 3.63) is 18.2 Å². The van der Waals surface area contributed by atoms with Gasteiger partial charge in [-0.15, -0.1) is 0 Å². The van der Waals surface area contributed by atoms with Crippen molar-refractivity contribution in [2.75, 3.05) is 38.3 Å². The van der Waals surface area contributed by atoms with Gasteiger partial charge in [0, 0.05) is 12.1 Å². The Morgan fingerprint density at radius 3 is 2.60 bits per heavy atom. The average molecular weight is 277 g/mol. The molecular weight excluding hydrogens is 250 g/mol. The topological polar surface area (TPSA) is 50.5 Å². The quantitative estimate of drug-likeness (QED) is 0.785. The summed E-state index contributed by atoms with van der Waals surface area (Å²) in [4.78, 5) is 2.36. The highest BCUT2D eigenvalue weighted by Gasteiger charge is 2.35. The molecular formula is C16H27N3O. The monoisotopic (exact) mass is 277 g/mol. The fourth-order valence-corrected chi connectivity index (χ4v) is 3.05. The molecule has 1 aromatic rings. The molecule has 0 radical (unpaired) electrons. The molecule has 0 heterocycles. The number of hydrogen-bond acceptors (Lipinski definition) is 4. The van der Waals surface area contributed by atoms with Crippen LogP contribution in [0.5, 0.6) is 5.75 Å². The molecule has 3 N–H and O–H groups in total. The van der Waals surface area contributed by atoms with Gasteiger partial charge in [-0.05, 0) is 46.0 Å². The summed E-state index contributed by atoms with van der Waals surface area (Å²) in [5, 5.41) is 3.53. The van der Waals surface area contributed by atoms with Crippen LogP contribution in [-0.4, -0.2) is 37.7 Å². The largest absolute Gasteiger partial charge is 0.492 e. The zero-order valence-electron chi connectivity index (χ0n) is 12.9. The van der Waals surface area contributed by atoms with Gasteiger partial charge in [-0.25, -0.2) is 0 Å². The smallest absolute Gasteiger partial charge is 0.144 e. The third-order valence-electron chi connectivity index (χ3n) is 4.46. The second kappa shape index (κ2) is 6.35. The summed E-state index contributed by atoms with van der Waals surface area (Å²) in [6.07, 6.45) is 5.12. The van der Waals surface area contributed by atoms with Gasteiger partial charge in [0.25, 0.3) is 0 Å².